The lowest BCUT2D eigenvalue weighted by Gasteiger charge is -2.12. The Bertz CT molecular complexity index is 966. The van der Waals surface area contributed by atoms with Crippen LogP contribution in [0, 0.1) is 0 Å². The smallest absolute Gasteiger partial charge is 0.340 e. The lowest BCUT2D eigenvalue weighted by atomic mass is 9.94. The van der Waals surface area contributed by atoms with Crippen LogP contribution in [-0.2, 0) is 22.4 Å². The highest BCUT2D eigenvalue weighted by molar-refractivity contribution is 7.17. The van der Waals surface area contributed by atoms with Crippen molar-refractivity contribution in [1.82, 2.24) is 0 Å². The summed E-state index contributed by atoms with van der Waals surface area (Å²) >= 11 is 1.17. The van der Waals surface area contributed by atoms with E-state index in [0.717, 1.165) is 10.4 Å². The minimum absolute atomic E-state index is 0.0872. The molecule has 0 bridgehead atoms. The topological polar surface area (TPSA) is 128 Å². The molecule has 0 saturated carbocycles. The lowest BCUT2D eigenvalue weighted by Crippen LogP contribution is -2.23. The SMILES string of the molecule is CCOC(=O)c1ccccc1NC(=O)Nc1sc2c(c1C(N)=O)CCC(=O)C2. The number of benzene rings is 1. The zero-order valence-corrected chi connectivity index (χ0v) is 16.0. The minimum Gasteiger partial charge on any atom is -0.462 e. The number of thiophene rings is 1. The number of amides is 3. The molecular formula is C19H19N3O5S. The Labute approximate surface area is 165 Å². The van der Waals surface area contributed by atoms with Crippen LogP contribution in [0.4, 0.5) is 15.5 Å². The molecule has 0 aliphatic heterocycles. The minimum atomic E-state index is -0.658. The van der Waals surface area contributed by atoms with E-state index in [2.05, 4.69) is 10.6 Å². The van der Waals surface area contributed by atoms with E-state index in [9.17, 15) is 19.2 Å². The zero-order valence-electron chi connectivity index (χ0n) is 15.2. The molecule has 9 heteroatoms. The van der Waals surface area contributed by atoms with E-state index in [-0.39, 0.29) is 35.6 Å². The van der Waals surface area contributed by atoms with Gasteiger partial charge in [-0.1, -0.05) is 12.1 Å². The van der Waals surface area contributed by atoms with E-state index in [1.54, 1.807) is 25.1 Å². The van der Waals surface area contributed by atoms with Gasteiger partial charge in [-0.2, -0.15) is 0 Å². The molecule has 1 heterocycles. The highest BCUT2D eigenvalue weighted by Gasteiger charge is 2.27. The maximum atomic E-state index is 12.5. The number of para-hydroxylation sites is 1. The standard InChI is InChI=1S/C19H19N3O5S/c1-2-27-18(25)11-5-3-4-6-13(11)21-19(26)22-17-15(16(20)24)12-8-7-10(23)9-14(12)28-17/h3-6H,2,7-9H2,1H3,(H2,20,24)(H2,21,22,26). The average molecular weight is 401 g/mol. The molecule has 0 radical (unpaired) electrons. The van der Waals surface area contributed by atoms with Gasteiger partial charge in [0, 0.05) is 17.7 Å². The largest absolute Gasteiger partial charge is 0.462 e. The summed E-state index contributed by atoms with van der Waals surface area (Å²) in [5, 5.41) is 5.50. The summed E-state index contributed by atoms with van der Waals surface area (Å²) in [6.45, 7) is 1.90. The normalized spacial score (nSPS) is 12.8. The van der Waals surface area contributed by atoms with Crippen LogP contribution in [0.25, 0.3) is 0 Å². The molecule has 1 aliphatic rings. The fourth-order valence-corrected chi connectivity index (χ4v) is 4.31. The van der Waals surface area contributed by atoms with Crippen LogP contribution in [-0.4, -0.2) is 30.3 Å². The first kappa shape index (κ1) is 19.6. The Balaban J connectivity index is 1.82. The summed E-state index contributed by atoms with van der Waals surface area (Å²) in [4.78, 5) is 48.8. The highest BCUT2D eigenvalue weighted by Crippen LogP contribution is 2.37. The molecule has 28 heavy (non-hydrogen) atoms. The van der Waals surface area contributed by atoms with Crippen molar-refractivity contribution in [2.75, 3.05) is 17.2 Å². The van der Waals surface area contributed by atoms with Gasteiger partial charge in [-0.25, -0.2) is 9.59 Å². The van der Waals surface area contributed by atoms with Gasteiger partial charge < -0.3 is 15.8 Å². The number of hydrogen-bond donors (Lipinski definition) is 3. The molecule has 0 atom stereocenters. The van der Waals surface area contributed by atoms with Crippen molar-refractivity contribution in [3.63, 3.8) is 0 Å². The number of urea groups is 1. The fraction of sp³-hybridized carbons (Fsp3) is 0.263. The average Bonchev–Trinajstić information content (AvgIpc) is 2.99. The number of nitrogens with two attached hydrogens (primary N) is 1. The Morgan fingerprint density at radius 1 is 1.18 bits per heavy atom. The molecule has 1 aromatic carbocycles. The second kappa shape index (κ2) is 8.22. The third-order valence-corrected chi connectivity index (χ3v) is 5.39. The van der Waals surface area contributed by atoms with Crippen LogP contribution < -0.4 is 16.4 Å². The molecule has 0 saturated heterocycles. The van der Waals surface area contributed by atoms with Crippen LogP contribution in [0.2, 0.25) is 0 Å². The van der Waals surface area contributed by atoms with Gasteiger partial charge in [-0.3, -0.25) is 14.9 Å². The van der Waals surface area contributed by atoms with Gasteiger partial charge in [0.2, 0.25) is 0 Å². The number of hydrogen-bond acceptors (Lipinski definition) is 6. The Morgan fingerprint density at radius 3 is 2.64 bits per heavy atom. The van der Waals surface area contributed by atoms with Gasteiger partial charge in [0.1, 0.15) is 10.8 Å². The predicted octanol–water partition coefficient (Wildman–Crippen LogP) is 2.73. The third-order valence-electron chi connectivity index (χ3n) is 4.25. The van der Waals surface area contributed by atoms with Gasteiger partial charge in [0.25, 0.3) is 5.91 Å². The number of anilines is 2. The summed E-state index contributed by atoms with van der Waals surface area (Å²) in [6, 6.07) is 5.80. The number of fused-ring (bicyclic) bond motifs is 1. The van der Waals surface area contributed by atoms with Gasteiger partial charge in [-0.15, -0.1) is 11.3 Å². The number of primary amides is 1. The Hall–Kier alpha value is -3.20. The van der Waals surface area contributed by atoms with Crippen LogP contribution in [0.15, 0.2) is 24.3 Å². The van der Waals surface area contributed by atoms with Crippen molar-refractivity contribution in [2.24, 2.45) is 5.73 Å². The number of Topliss-reactive ketones (excluding diaryl/α,β-unsaturated/α-hetero) is 1. The molecule has 146 valence electrons. The molecule has 0 spiro atoms. The van der Waals surface area contributed by atoms with Crippen molar-refractivity contribution in [1.29, 1.82) is 0 Å². The molecule has 3 amide bonds. The zero-order chi connectivity index (χ0) is 20.3. The van der Waals surface area contributed by atoms with Crippen LogP contribution in [0.1, 0.15) is 44.5 Å². The summed E-state index contributed by atoms with van der Waals surface area (Å²) in [5.74, 6) is -1.13. The summed E-state index contributed by atoms with van der Waals surface area (Å²) in [7, 11) is 0. The van der Waals surface area contributed by atoms with Gasteiger partial charge >= 0.3 is 12.0 Å². The summed E-state index contributed by atoms with van der Waals surface area (Å²) in [6.07, 6.45) is 1.01. The number of rotatable bonds is 5. The van der Waals surface area contributed by atoms with E-state index in [4.69, 9.17) is 10.5 Å². The summed E-state index contributed by atoms with van der Waals surface area (Å²) in [5.41, 5.74) is 6.94. The molecular weight excluding hydrogens is 382 g/mol. The van der Waals surface area contributed by atoms with Crippen molar-refractivity contribution in [3.05, 3.63) is 45.8 Å². The molecule has 0 unspecified atom stereocenters. The lowest BCUT2D eigenvalue weighted by molar-refractivity contribution is -0.118. The maximum Gasteiger partial charge on any atom is 0.340 e. The molecule has 3 rings (SSSR count). The summed E-state index contributed by atoms with van der Waals surface area (Å²) < 4.78 is 4.98. The van der Waals surface area contributed by atoms with E-state index in [1.165, 1.54) is 17.4 Å². The van der Waals surface area contributed by atoms with Crippen molar-refractivity contribution in [2.45, 2.75) is 26.2 Å². The molecule has 8 nitrogen and oxygen atoms in total. The van der Waals surface area contributed by atoms with Crippen molar-refractivity contribution >= 4 is 45.7 Å². The number of ether oxygens (including phenoxy) is 1. The fourth-order valence-electron chi connectivity index (χ4n) is 3.04. The maximum absolute atomic E-state index is 12.5. The highest BCUT2D eigenvalue weighted by atomic mass is 32.1. The molecule has 1 aliphatic carbocycles. The second-order valence-corrected chi connectivity index (χ2v) is 7.24. The van der Waals surface area contributed by atoms with Gasteiger partial charge in [0.15, 0.2) is 0 Å². The van der Waals surface area contributed by atoms with Gasteiger partial charge in [-0.05, 0) is 31.0 Å². The second-order valence-electron chi connectivity index (χ2n) is 6.13. The van der Waals surface area contributed by atoms with E-state index >= 15 is 0 Å². The molecule has 1 aromatic heterocycles. The number of esters is 1. The van der Waals surface area contributed by atoms with Crippen molar-refractivity contribution < 1.29 is 23.9 Å². The number of carbonyl (C=O) groups excluding carboxylic acids is 4. The molecule has 2 aromatic rings. The molecule has 4 N–H and O–H groups in total. The van der Waals surface area contributed by atoms with Crippen LogP contribution in [0.5, 0.6) is 0 Å². The van der Waals surface area contributed by atoms with Crippen LogP contribution >= 0.6 is 11.3 Å². The van der Waals surface area contributed by atoms with E-state index < -0.39 is 17.9 Å². The predicted molar refractivity (Wildman–Crippen MR) is 105 cm³/mol. The quantitative estimate of drug-likeness (QED) is 0.664. The first-order valence-corrected chi connectivity index (χ1v) is 9.52. The van der Waals surface area contributed by atoms with Gasteiger partial charge in [0.05, 0.1) is 23.4 Å². The van der Waals surface area contributed by atoms with Crippen LogP contribution in [0.3, 0.4) is 0 Å². The number of nitrogens with one attached hydrogen (secondary N) is 2. The Morgan fingerprint density at radius 2 is 1.93 bits per heavy atom. The first-order valence-electron chi connectivity index (χ1n) is 8.70. The first-order chi connectivity index (χ1) is 13.4. The monoisotopic (exact) mass is 401 g/mol. The Kier molecular flexibility index (Phi) is 5.74. The van der Waals surface area contributed by atoms with E-state index in [0.29, 0.717) is 17.8 Å². The van der Waals surface area contributed by atoms with Crippen molar-refractivity contribution in [3.8, 4) is 0 Å². The molecule has 0 fully saturated rings. The number of ketones is 1. The third kappa shape index (κ3) is 4.04. The number of carbonyl (C=O) groups is 4. The van der Waals surface area contributed by atoms with E-state index in [1.807, 2.05) is 0 Å².